The Bertz CT molecular complexity index is 964. The maximum Gasteiger partial charge on any atom is 0.279 e. The number of para-hydroxylation sites is 1. The number of rotatable bonds is 7. The highest BCUT2D eigenvalue weighted by Crippen LogP contribution is 2.22. The molecule has 0 aliphatic carbocycles. The maximum atomic E-state index is 12.5. The van der Waals surface area contributed by atoms with E-state index in [0.29, 0.717) is 6.54 Å². The maximum absolute atomic E-state index is 12.5. The van der Waals surface area contributed by atoms with E-state index in [4.69, 9.17) is 4.98 Å². The van der Waals surface area contributed by atoms with E-state index in [2.05, 4.69) is 48.0 Å². The summed E-state index contributed by atoms with van der Waals surface area (Å²) in [4.78, 5) is 20.3. The average Bonchev–Trinajstić information content (AvgIpc) is 3.24. The molecular formula is C24H30N4OS+2. The van der Waals surface area contributed by atoms with Crippen molar-refractivity contribution in [2.24, 2.45) is 0 Å². The molecule has 1 aliphatic rings. The van der Waals surface area contributed by atoms with Gasteiger partial charge in [-0.1, -0.05) is 55.5 Å². The van der Waals surface area contributed by atoms with Gasteiger partial charge in [-0.15, -0.1) is 11.3 Å². The Balaban J connectivity index is 1.24. The van der Waals surface area contributed by atoms with E-state index < -0.39 is 0 Å². The average molecular weight is 423 g/mol. The Hall–Kier alpha value is -2.54. The fourth-order valence-corrected chi connectivity index (χ4v) is 4.87. The van der Waals surface area contributed by atoms with E-state index in [0.717, 1.165) is 49.8 Å². The first-order valence-corrected chi connectivity index (χ1v) is 11.6. The molecule has 3 aromatic rings. The minimum absolute atomic E-state index is 0.112. The fourth-order valence-electron chi connectivity index (χ4n) is 4.04. The molecule has 156 valence electrons. The van der Waals surface area contributed by atoms with E-state index >= 15 is 0 Å². The summed E-state index contributed by atoms with van der Waals surface area (Å²) in [7, 11) is 0. The number of nitrogens with zero attached hydrogens (tertiary/aromatic N) is 1. The number of anilines is 1. The molecule has 1 aliphatic heterocycles. The summed E-state index contributed by atoms with van der Waals surface area (Å²) in [5, 5.41) is 6.39. The monoisotopic (exact) mass is 422 g/mol. The Labute approximate surface area is 182 Å². The zero-order chi connectivity index (χ0) is 20.8. The number of carbonyl (C=O) groups is 1. The largest absolute Gasteiger partial charge is 0.321 e. The number of thiazole rings is 1. The zero-order valence-corrected chi connectivity index (χ0v) is 18.3. The highest BCUT2D eigenvalue weighted by molar-refractivity contribution is 7.13. The molecule has 1 fully saturated rings. The highest BCUT2D eigenvalue weighted by atomic mass is 32.1. The van der Waals surface area contributed by atoms with Crippen LogP contribution in [0, 0.1) is 0 Å². The van der Waals surface area contributed by atoms with E-state index in [1.54, 1.807) is 16.2 Å². The Kier molecular flexibility index (Phi) is 6.89. The van der Waals surface area contributed by atoms with Gasteiger partial charge in [0, 0.05) is 16.6 Å². The number of nitrogens with one attached hydrogen (secondary N) is 3. The SMILES string of the molecule is CCc1ccccc1NC(=O)C[NH+]1CC[NH+](Cc2csc(-c3ccccc3)n2)CC1. The molecule has 2 aromatic carbocycles. The van der Waals surface area contributed by atoms with Crippen LogP contribution in [0.3, 0.4) is 0 Å². The second-order valence-electron chi connectivity index (χ2n) is 7.92. The molecule has 0 spiro atoms. The Morgan fingerprint density at radius 1 is 1.00 bits per heavy atom. The Morgan fingerprint density at radius 3 is 2.47 bits per heavy atom. The van der Waals surface area contributed by atoms with Crippen molar-refractivity contribution in [2.45, 2.75) is 19.9 Å². The van der Waals surface area contributed by atoms with E-state index in [-0.39, 0.29) is 5.91 Å². The van der Waals surface area contributed by atoms with Crippen molar-refractivity contribution >= 4 is 22.9 Å². The van der Waals surface area contributed by atoms with Gasteiger partial charge in [0.2, 0.25) is 0 Å². The van der Waals surface area contributed by atoms with Gasteiger partial charge in [0.1, 0.15) is 43.4 Å². The van der Waals surface area contributed by atoms with Crippen molar-refractivity contribution in [3.05, 3.63) is 71.2 Å². The number of aromatic nitrogens is 1. The van der Waals surface area contributed by atoms with Crippen LogP contribution in [0.1, 0.15) is 18.2 Å². The van der Waals surface area contributed by atoms with Crippen molar-refractivity contribution in [1.82, 2.24) is 4.98 Å². The molecule has 30 heavy (non-hydrogen) atoms. The van der Waals surface area contributed by atoms with Gasteiger partial charge < -0.3 is 15.1 Å². The number of quaternary nitrogens is 2. The van der Waals surface area contributed by atoms with E-state index in [1.807, 2.05) is 24.3 Å². The fraction of sp³-hybridized carbons (Fsp3) is 0.333. The van der Waals surface area contributed by atoms with E-state index in [9.17, 15) is 4.79 Å². The van der Waals surface area contributed by atoms with Gasteiger partial charge in [-0.3, -0.25) is 4.79 Å². The van der Waals surface area contributed by atoms with Crippen molar-refractivity contribution in [3.63, 3.8) is 0 Å². The van der Waals surface area contributed by atoms with Crippen molar-refractivity contribution in [2.75, 3.05) is 38.0 Å². The number of aryl methyl sites for hydroxylation is 1. The molecule has 4 rings (SSSR count). The summed E-state index contributed by atoms with van der Waals surface area (Å²) in [6, 6.07) is 18.4. The number of benzene rings is 2. The lowest BCUT2D eigenvalue weighted by Gasteiger charge is -2.29. The van der Waals surface area contributed by atoms with Crippen LogP contribution in [-0.2, 0) is 17.8 Å². The second kappa shape index (κ2) is 9.98. The van der Waals surface area contributed by atoms with Crippen LogP contribution >= 0.6 is 11.3 Å². The molecule has 1 aromatic heterocycles. The molecular weight excluding hydrogens is 392 g/mol. The van der Waals surface area contributed by atoms with Crippen molar-refractivity contribution < 1.29 is 14.6 Å². The molecule has 1 amide bonds. The summed E-state index contributed by atoms with van der Waals surface area (Å²) in [6.45, 7) is 7.82. The summed E-state index contributed by atoms with van der Waals surface area (Å²) in [5.41, 5.74) is 4.50. The van der Waals surface area contributed by atoms with Gasteiger partial charge in [-0.2, -0.15) is 0 Å². The third kappa shape index (κ3) is 5.33. The third-order valence-electron chi connectivity index (χ3n) is 5.75. The second-order valence-corrected chi connectivity index (χ2v) is 8.78. The van der Waals surface area contributed by atoms with Crippen LogP contribution < -0.4 is 15.1 Å². The molecule has 0 radical (unpaired) electrons. The third-order valence-corrected chi connectivity index (χ3v) is 6.69. The number of hydrogen-bond acceptors (Lipinski definition) is 3. The number of hydrogen-bond donors (Lipinski definition) is 3. The van der Waals surface area contributed by atoms with Gasteiger partial charge in [0.05, 0.1) is 0 Å². The van der Waals surface area contributed by atoms with Gasteiger partial charge in [0.25, 0.3) is 5.91 Å². The molecule has 1 saturated heterocycles. The van der Waals surface area contributed by atoms with Gasteiger partial charge in [-0.25, -0.2) is 4.98 Å². The van der Waals surface area contributed by atoms with Gasteiger partial charge in [-0.05, 0) is 18.1 Å². The highest BCUT2D eigenvalue weighted by Gasteiger charge is 2.25. The normalized spacial score (nSPS) is 18.8. The Morgan fingerprint density at radius 2 is 1.70 bits per heavy atom. The minimum Gasteiger partial charge on any atom is -0.321 e. The summed E-state index contributed by atoms with van der Waals surface area (Å²) < 4.78 is 0. The lowest BCUT2D eigenvalue weighted by Crippen LogP contribution is -3.28. The number of piperazine rings is 1. The van der Waals surface area contributed by atoms with Crippen LogP contribution in [0.2, 0.25) is 0 Å². The first kappa shape index (κ1) is 20.7. The zero-order valence-electron chi connectivity index (χ0n) is 17.5. The smallest absolute Gasteiger partial charge is 0.279 e. The van der Waals surface area contributed by atoms with Crippen molar-refractivity contribution in [3.8, 4) is 10.6 Å². The van der Waals surface area contributed by atoms with Crippen LogP contribution in [0.4, 0.5) is 5.69 Å². The predicted octanol–water partition coefficient (Wildman–Crippen LogP) is 1.29. The molecule has 3 N–H and O–H groups in total. The molecule has 0 atom stereocenters. The van der Waals surface area contributed by atoms with E-state index in [1.165, 1.54) is 21.7 Å². The number of amides is 1. The van der Waals surface area contributed by atoms with Crippen LogP contribution in [0.15, 0.2) is 60.0 Å². The summed E-state index contributed by atoms with van der Waals surface area (Å²) in [6.07, 6.45) is 0.925. The summed E-state index contributed by atoms with van der Waals surface area (Å²) >= 11 is 1.72. The first-order valence-electron chi connectivity index (χ1n) is 10.8. The van der Waals surface area contributed by atoms with Crippen LogP contribution in [0.5, 0.6) is 0 Å². The molecule has 0 saturated carbocycles. The molecule has 0 unspecified atom stereocenters. The van der Waals surface area contributed by atoms with Gasteiger partial charge >= 0.3 is 0 Å². The number of carbonyl (C=O) groups excluding carboxylic acids is 1. The standard InChI is InChI=1S/C24H28N4OS/c1-2-19-8-6-7-11-22(19)26-23(29)17-28-14-12-27(13-15-28)16-21-18-30-24(25-21)20-9-4-3-5-10-20/h3-11,18H,2,12-17H2,1H3,(H,26,29)/p+2. The van der Waals surface area contributed by atoms with Crippen LogP contribution in [-0.4, -0.2) is 43.6 Å². The summed E-state index contributed by atoms with van der Waals surface area (Å²) in [5.74, 6) is 0.112. The lowest BCUT2D eigenvalue weighted by atomic mass is 10.1. The molecule has 2 heterocycles. The first-order chi connectivity index (χ1) is 14.7. The van der Waals surface area contributed by atoms with Crippen LogP contribution in [0.25, 0.3) is 10.6 Å². The topological polar surface area (TPSA) is 50.9 Å². The quantitative estimate of drug-likeness (QED) is 0.538. The van der Waals surface area contributed by atoms with Crippen molar-refractivity contribution in [1.29, 1.82) is 0 Å². The molecule has 0 bridgehead atoms. The minimum atomic E-state index is 0.112. The molecule has 5 nitrogen and oxygen atoms in total. The molecule has 6 heteroatoms. The lowest BCUT2D eigenvalue weighted by molar-refractivity contribution is -1.02. The van der Waals surface area contributed by atoms with Gasteiger partial charge in [0.15, 0.2) is 6.54 Å². The predicted molar refractivity (Wildman–Crippen MR) is 122 cm³/mol.